The molecule has 1 amide bonds. The predicted molar refractivity (Wildman–Crippen MR) is 198 cm³/mol. The largest absolute Gasteiger partial charge is 0.462 e. The van der Waals surface area contributed by atoms with Crippen LogP contribution in [0.15, 0.2) is 60.7 Å². The number of benzene rings is 2. The average Bonchev–Trinajstić information content (AvgIpc) is 3.07. The lowest BCUT2D eigenvalue weighted by atomic mass is 9.99. The fourth-order valence-electron chi connectivity index (χ4n) is 7.09. The van der Waals surface area contributed by atoms with E-state index in [0.717, 1.165) is 66.2 Å². The van der Waals surface area contributed by atoms with Gasteiger partial charge in [-0.1, -0.05) is 80.9 Å². The number of hydrogen-bond acceptors (Lipinski definition) is 9. The molecule has 1 atom stereocenters. The van der Waals surface area contributed by atoms with Gasteiger partial charge in [0, 0.05) is 38.3 Å². The van der Waals surface area contributed by atoms with Crippen LogP contribution in [0.2, 0.25) is 5.04 Å². The first-order chi connectivity index (χ1) is 23.3. The maximum Gasteiger partial charge on any atom is 0.410 e. The van der Waals surface area contributed by atoms with E-state index in [0.29, 0.717) is 38.8 Å². The van der Waals surface area contributed by atoms with Gasteiger partial charge in [-0.15, -0.1) is 0 Å². The fraction of sp³-hybridized carbons (Fsp3) is 0.553. The molecule has 5 rings (SSSR count). The van der Waals surface area contributed by atoms with Crippen molar-refractivity contribution < 1.29 is 19.1 Å². The van der Waals surface area contributed by atoms with Crippen LogP contribution in [0, 0.1) is 0 Å². The Morgan fingerprint density at radius 3 is 2.27 bits per heavy atom. The zero-order valence-corrected chi connectivity index (χ0v) is 31.5. The molecule has 1 saturated heterocycles. The first-order valence-corrected chi connectivity index (χ1v) is 19.7. The standard InChI is InChI=1S/C38H56N6O4Si/c1-37(2,3)48-36(45)44-24-23-43(34-32-20-22-39-27-33(32)40-35(41-34)47-26-25-42(6)7)28-29(44)15-14-21-38(4,5)49(46,30-16-10-8-11-17-30)31-18-12-9-13-19-31/h8-13,16-19,29,39,46H,14-15,20-28H2,1-7H3. The number of amides is 1. The summed E-state index contributed by atoms with van der Waals surface area (Å²) in [6, 6.07) is 20.7. The number of anilines is 1. The summed E-state index contributed by atoms with van der Waals surface area (Å²) in [5, 5.41) is 5.09. The summed E-state index contributed by atoms with van der Waals surface area (Å²) in [5.74, 6) is 0.912. The second kappa shape index (κ2) is 15.6. The lowest BCUT2D eigenvalue weighted by Crippen LogP contribution is -2.65. The van der Waals surface area contributed by atoms with Crippen LogP contribution in [0.3, 0.4) is 0 Å². The molecule has 2 aliphatic heterocycles. The van der Waals surface area contributed by atoms with Crippen LogP contribution in [0.1, 0.15) is 65.1 Å². The van der Waals surface area contributed by atoms with Gasteiger partial charge >= 0.3 is 12.1 Å². The maximum absolute atomic E-state index is 13.6. The Morgan fingerprint density at radius 1 is 1.00 bits per heavy atom. The van der Waals surface area contributed by atoms with Crippen molar-refractivity contribution in [3.8, 4) is 6.01 Å². The van der Waals surface area contributed by atoms with Crippen molar-refractivity contribution in [2.75, 3.05) is 58.3 Å². The molecule has 1 fully saturated rings. The lowest BCUT2D eigenvalue weighted by molar-refractivity contribution is 0.0128. The maximum atomic E-state index is 13.6. The van der Waals surface area contributed by atoms with Crippen LogP contribution in [0.25, 0.3) is 0 Å². The number of aromatic nitrogens is 2. The van der Waals surface area contributed by atoms with Crippen LogP contribution in [0.4, 0.5) is 10.6 Å². The summed E-state index contributed by atoms with van der Waals surface area (Å²) in [4.78, 5) is 42.4. The minimum Gasteiger partial charge on any atom is -0.462 e. The third-order valence-electron chi connectivity index (χ3n) is 9.78. The highest BCUT2D eigenvalue weighted by molar-refractivity contribution is 6.98. The van der Waals surface area contributed by atoms with Crippen molar-refractivity contribution >= 4 is 30.6 Å². The third kappa shape index (κ3) is 8.81. The van der Waals surface area contributed by atoms with Crippen molar-refractivity contribution in [1.29, 1.82) is 0 Å². The van der Waals surface area contributed by atoms with Crippen LogP contribution < -0.4 is 25.3 Å². The van der Waals surface area contributed by atoms with E-state index in [-0.39, 0.29) is 17.2 Å². The number of fused-ring (bicyclic) bond motifs is 1. The van der Waals surface area contributed by atoms with Gasteiger partial charge < -0.3 is 34.3 Å². The molecule has 0 saturated carbocycles. The van der Waals surface area contributed by atoms with Crippen LogP contribution >= 0.6 is 0 Å². The Bertz CT molecular complexity index is 1490. The van der Waals surface area contributed by atoms with Crippen LogP contribution in [0.5, 0.6) is 6.01 Å². The molecule has 3 aromatic rings. The SMILES string of the molecule is CN(C)CCOc1nc2c(c(N3CCN(C(=O)OC(C)(C)C)C(CCCC(C)(C)[Si](O)(c4ccccc4)c4ccccc4)C3)n1)CCNC2. The second-order valence-electron chi connectivity index (χ2n) is 15.3. The van der Waals surface area contributed by atoms with Gasteiger partial charge in [0.05, 0.1) is 11.7 Å². The summed E-state index contributed by atoms with van der Waals surface area (Å²) in [6.07, 6.45) is 2.98. The van der Waals surface area contributed by atoms with Gasteiger partial charge in [0.25, 0.3) is 8.32 Å². The zero-order chi connectivity index (χ0) is 35.2. The van der Waals surface area contributed by atoms with E-state index in [1.165, 1.54) is 0 Å². The molecular weight excluding hydrogens is 633 g/mol. The minimum atomic E-state index is -3.15. The number of piperazine rings is 1. The van der Waals surface area contributed by atoms with Gasteiger partial charge in [-0.2, -0.15) is 9.97 Å². The minimum absolute atomic E-state index is 0.0898. The highest BCUT2D eigenvalue weighted by atomic mass is 28.4. The van der Waals surface area contributed by atoms with Crippen LogP contribution in [-0.2, 0) is 17.7 Å². The van der Waals surface area contributed by atoms with Crippen molar-refractivity contribution in [2.24, 2.45) is 0 Å². The van der Waals surface area contributed by atoms with Crippen molar-refractivity contribution in [2.45, 2.75) is 83.5 Å². The van der Waals surface area contributed by atoms with Crippen LogP contribution in [-0.4, -0.2) is 104 Å². The van der Waals surface area contributed by atoms with Crippen molar-refractivity contribution in [1.82, 2.24) is 25.1 Å². The molecule has 0 aliphatic carbocycles. The van der Waals surface area contributed by atoms with E-state index in [1.54, 1.807) is 0 Å². The summed E-state index contributed by atoms with van der Waals surface area (Å²) < 4.78 is 12.0. The quantitative estimate of drug-likeness (QED) is 0.271. The molecule has 0 bridgehead atoms. The summed E-state index contributed by atoms with van der Waals surface area (Å²) >= 11 is 0. The highest BCUT2D eigenvalue weighted by Crippen LogP contribution is 2.41. The summed E-state index contributed by atoms with van der Waals surface area (Å²) in [7, 11) is 0.886. The Hall–Kier alpha value is -3.51. The summed E-state index contributed by atoms with van der Waals surface area (Å²) in [5.41, 5.74) is 1.55. The van der Waals surface area contributed by atoms with E-state index in [2.05, 4.69) is 53.2 Å². The molecule has 0 radical (unpaired) electrons. The number of carbonyl (C=O) groups is 1. The number of nitrogens with zero attached hydrogens (tertiary/aromatic N) is 5. The van der Waals surface area contributed by atoms with Gasteiger partial charge in [0.1, 0.15) is 18.0 Å². The molecule has 10 nitrogen and oxygen atoms in total. The first-order valence-electron chi connectivity index (χ1n) is 17.7. The molecule has 49 heavy (non-hydrogen) atoms. The van der Waals surface area contributed by atoms with Gasteiger partial charge in [-0.05, 0) is 76.1 Å². The molecular formula is C38H56N6O4Si. The van der Waals surface area contributed by atoms with Gasteiger partial charge in [-0.25, -0.2) is 4.79 Å². The lowest BCUT2D eigenvalue weighted by Gasteiger charge is -2.44. The van der Waals surface area contributed by atoms with E-state index in [9.17, 15) is 9.59 Å². The Labute approximate surface area is 294 Å². The molecule has 2 N–H and O–H groups in total. The monoisotopic (exact) mass is 688 g/mol. The number of nitrogens with one attached hydrogen (secondary N) is 1. The Kier molecular flexibility index (Phi) is 11.7. The first kappa shape index (κ1) is 36.8. The smallest absolute Gasteiger partial charge is 0.410 e. The Morgan fingerprint density at radius 2 is 1.65 bits per heavy atom. The number of ether oxygens (including phenoxy) is 2. The normalized spacial score (nSPS) is 17.2. The number of carbonyl (C=O) groups excluding carboxylic acids is 1. The van der Waals surface area contributed by atoms with Gasteiger partial charge in [0.15, 0.2) is 0 Å². The van der Waals surface area contributed by atoms with E-state index >= 15 is 0 Å². The molecule has 2 aromatic carbocycles. The molecule has 2 aliphatic rings. The van der Waals surface area contributed by atoms with Crippen molar-refractivity contribution in [3.63, 3.8) is 0 Å². The molecule has 1 aromatic heterocycles. The predicted octanol–water partition coefficient (Wildman–Crippen LogP) is 4.19. The summed E-state index contributed by atoms with van der Waals surface area (Å²) in [6.45, 7) is 14.8. The second-order valence-corrected chi connectivity index (χ2v) is 19.3. The molecule has 266 valence electrons. The Balaban J connectivity index is 1.39. The van der Waals surface area contributed by atoms with E-state index in [4.69, 9.17) is 19.4 Å². The molecule has 0 spiro atoms. The van der Waals surface area contributed by atoms with Gasteiger partial charge in [-0.3, -0.25) is 0 Å². The topological polar surface area (TPSA) is 103 Å². The number of hydrogen-bond donors (Lipinski definition) is 2. The third-order valence-corrected chi connectivity index (χ3v) is 14.3. The van der Waals surface area contributed by atoms with Gasteiger partial charge in [0.2, 0.25) is 0 Å². The number of likely N-dealkylation sites (N-methyl/N-ethyl adjacent to an activating group) is 1. The van der Waals surface area contributed by atoms with Crippen molar-refractivity contribution in [3.05, 3.63) is 71.9 Å². The zero-order valence-electron chi connectivity index (χ0n) is 30.5. The van der Waals surface area contributed by atoms with E-state index < -0.39 is 13.9 Å². The molecule has 1 unspecified atom stereocenters. The van der Waals surface area contributed by atoms with E-state index in [1.807, 2.05) is 76.2 Å². The fourth-order valence-corrected chi connectivity index (χ4v) is 10.9. The molecule has 11 heteroatoms. The number of rotatable bonds is 12. The highest BCUT2D eigenvalue weighted by Gasteiger charge is 2.49. The average molecular weight is 689 g/mol. The molecule has 3 heterocycles.